The van der Waals surface area contributed by atoms with E-state index in [9.17, 15) is 68.3 Å². The number of imide groups is 1. The average Bonchev–Trinajstić information content (AvgIpc) is 3.57. The number of rotatable bonds is 25. The molecule has 1 aromatic carbocycles. The Morgan fingerprint density at radius 1 is 0.969 bits per heavy atom. The first-order valence-corrected chi connectivity index (χ1v) is 21.0. The van der Waals surface area contributed by atoms with Gasteiger partial charge < -0.3 is 72.6 Å². The van der Waals surface area contributed by atoms with E-state index in [4.69, 9.17) is 15.2 Å². The Balaban J connectivity index is 1.52. The van der Waals surface area contributed by atoms with Crippen LogP contribution < -0.4 is 37.6 Å². The molecule has 0 saturated carbocycles. The lowest BCUT2D eigenvalue weighted by Crippen LogP contribution is -2.72. The molecule has 4 unspecified atom stereocenters. The molecule has 2 fully saturated rings. The summed E-state index contributed by atoms with van der Waals surface area (Å²) in [6.07, 6.45) is -9.40. The zero-order chi connectivity index (χ0) is 47.7. The molecule has 13 N–H and O–H groups in total. The SMILES string of the molecule is CCN[C@H]1[C@H]([C@H](O)[C@H](O)CNC(=O)OCc2ccc(NC(=O)C(CCCNC(N)=O)NC(=O)C(NC(=O)CCCCCN3C(=O)CCC3=O)C(C)C)cc2)OC(O)(C(=O)O)C(F)[C@@H]1O. The summed E-state index contributed by atoms with van der Waals surface area (Å²) in [6.45, 7) is 4.51. The number of aliphatic hydroxyl groups is 4. The van der Waals surface area contributed by atoms with Crippen LogP contribution in [0.5, 0.6) is 0 Å². The average molecular weight is 913 g/mol. The highest BCUT2D eigenvalue weighted by Crippen LogP contribution is 2.33. The number of amides is 8. The first-order chi connectivity index (χ1) is 30.2. The third-order valence-corrected chi connectivity index (χ3v) is 10.5. The van der Waals surface area contributed by atoms with Crippen molar-refractivity contribution in [1.29, 1.82) is 0 Å². The standard InChI is InChI=1S/C40H61FN8O15/c1-4-43-30-32(55)34(41)40(62,37(58)59)64-33(30)31(54)25(50)19-45-39(61)63-20-22-11-13-23(14-12-22)46-35(56)24(9-8-17-44-38(42)60)47-36(57)29(21(2)3)48-26(51)10-6-5-7-18-49-27(52)15-16-28(49)53/h11-14,21,24-25,29-34,43,50,54-55,62H,4-10,15-20H2,1-3H3,(H,45,61)(H,46,56)(H,47,57)(H,48,51)(H,58,59)(H3,42,44,60)/t24?,25-,29?,30-,31-,32-,33-,34?,40?/m1/s1. The van der Waals surface area contributed by atoms with Crippen LogP contribution in [-0.2, 0) is 44.8 Å². The van der Waals surface area contributed by atoms with Crippen molar-refractivity contribution in [3.63, 3.8) is 0 Å². The van der Waals surface area contributed by atoms with E-state index in [1.54, 1.807) is 20.8 Å². The number of nitrogens with two attached hydrogens (primary N) is 1. The number of alkyl carbamates (subject to hydrolysis) is 1. The number of alkyl halides is 1. The summed E-state index contributed by atoms with van der Waals surface area (Å²) in [7, 11) is 0. The summed E-state index contributed by atoms with van der Waals surface area (Å²) >= 11 is 0. The van der Waals surface area contributed by atoms with Crippen molar-refractivity contribution in [3.05, 3.63) is 29.8 Å². The van der Waals surface area contributed by atoms with Crippen LogP contribution in [0.25, 0.3) is 0 Å². The number of benzene rings is 1. The molecule has 0 bridgehead atoms. The van der Waals surface area contributed by atoms with Crippen molar-refractivity contribution in [2.24, 2.45) is 11.7 Å². The molecule has 1 aromatic rings. The van der Waals surface area contributed by atoms with Crippen LogP contribution in [0.3, 0.4) is 0 Å². The van der Waals surface area contributed by atoms with Crippen LogP contribution in [0.2, 0.25) is 0 Å². The van der Waals surface area contributed by atoms with Gasteiger partial charge in [-0.25, -0.2) is 18.8 Å². The van der Waals surface area contributed by atoms with Gasteiger partial charge in [0.15, 0.2) is 6.17 Å². The van der Waals surface area contributed by atoms with Crippen molar-refractivity contribution in [1.82, 2.24) is 31.5 Å². The van der Waals surface area contributed by atoms with E-state index in [1.165, 1.54) is 29.2 Å². The minimum Gasteiger partial charge on any atom is -0.477 e. The quantitative estimate of drug-likeness (QED) is 0.0381. The summed E-state index contributed by atoms with van der Waals surface area (Å²) in [5, 5.41) is 66.5. The molecule has 2 heterocycles. The first-order valence-electron chi connectivity index (χ1n) is 21.0. The minimum absolute atomic E-state index is 0.0693. The summed E-state index contributed by atoms with van der Waals surface area (Å²) in [5.74, 6) is -8.13. The molecular weight excluding hydrogens is 851 g/mol. The molecule has 8 amide bonds. The Bertz CT molecular complexity index is 1780. The summed E-state index contributed by atoms with van der Waals surface area (Å²) in [6, 6.07) is 1.64. The molecule has 9 atom stereocenters. The Morgan fingerprint density at radius 3 is 2.22 bits per heavy atom. The summed E-state index contributed by atoms with van der Waals surface area (Å²) < 4.78 is 24.7. The van der Waals surface area contributed by atoms with Gasteiger partial charge in [0.25, 0.3) is 0 Å². The molecule has 0 aromatic heterocycles. The van der Waals surface area contributed by atoms with Gasteiger partial charge in [-0.05, 0) is 55.8 Å². The topological polar surface area (TPSA) is 358 Å². The second-order valence-corrected chi connectivity index (χ2v) is 15.8. The van der Waals surface area contributed by atoms with Crippen LogP contribution in [0, 0.1) is 5.92 Å². The van der Waals surface area contributed by atoms with Crippen LogP contribution in [0.1, 0.15) is 77.7 Å². The molecule has 2 aliphatic heterocycles. The van der Waals surface area contributed by atoms with E-state index in [0.717, 1.165) is 0 Å². The predicted molar refractivity (Wildman–Crippen MR) is 221 cm³/mol. The van der Waals surface area contributed by atoms with Gasteiger partial charge in [0.1, 0.15) is 37.0 Å². The molecule has 2 aliphatic rings. The highest BCUT2D eigenvalue weighted by atomic mass is 19.1. The Hall–Kier alpha value is -5.53. The second kappa shape index (κ2) is 25.1. The number of carboxylic acids is 1. The van der Waals surface area contributed by atoms with Gasteiger partial charge in [-0.2, -0.15) is 0 Å². The largest absolute Gasteiger partial charge is 0.477 e. The van der Waals surface area contributed by atoms with E-state index in [1.807, 2.05) is 0 Å². The lowest BCUT2D eigenvalue weighted by atomic mass is 9.87. The number of carboxylic acid groups (broad SMARTS) is 1. The van der Waals surface area contributed by atoms with E-state index in [2.05, 4.69) is 31.9 Å². The van der Waals surface area contributed by atoms with Crippen molar-refractivity contribution in [2.75, 3.05) is 31.5 Å². The van der Waals surface area contributed by atoms with Crippen molar-refractivity contribution < 1.29 is 77.8 Å². The zero-order valence-electron chi connectivity index (χ0n) is 35.9. The number of unbranched alkanes of at least 4 members (excludes halogenated alkanes) is 2. The molecule has 64 heavy (non-hydrogen) atoms. The normalized spacial score (nSPS) is 22.8. The first kappa shape index (κ1) is 52.8. The number of aliphatic carboxylic acids is 1. The summed E-state index contributed by atoms with van der Waals surface area (Å²) in [5.41, 5.74) is 5.88. The molecule has 2 saturated heterocycles. The van der Waals surface area contributed by atoms with Gasteiger partial charge in [-0.3, -0.25) is 28.9 Å². The number of anilines is 1. The number of nitrogens with one attached hydrogen (secondary N) is 6. The van der Waals surface area contributed by atoms with Crippen LogP contribution >= 0.6 is 0 Å². The van der Waals surface area contributed by atoms with Gasteiger partial charge in [0.2, 0.25) is 29.5 Å². The van der Waals surface area contributed by atoms with Crippen molar-refractivity contribution >= 4 is 53.3 Å². The number of ether oxygens (including phenoxy) is 2. The van der Waals surface area contributed by atoms with Crippen LogP contribution in [0.4, 0.5) is 19.7 Å². The maximum Gasteiger partial charge on any atom is 0.407 e. The van der Waals surface area contributed by atoms with E-state index >= 15 is 0 Å². The number of likely N-dealkylation sites (tertiary alicyclic amines) is 1. The molecule has 0 radical (unpaired) electrons. The molecular formula is C40H61FN8O15. The number of carbonyl (C=O) groups is 8. The number of hydrogen-bond acceptors (Lipinski definition) is 15. The second-order valence-electron chi connectivity index (χ2n) is 15.8. The van der Waals surface area contributed by atoms with Crippen molar-refractivity contribution in [3.8, 4) is 0 Å². The number of aliphatic hydroxyl groups excluding tert-OH is 3. The fraction of sp³-hybridized carbons (Fsp3) is 0.650. The maximum atomic E-state index is 14.6. The fourth-order valence-electron chi connectivity index (χ4n) is 6.95. The Kier molecular flexibility index (Phi) is 20.7. The Labute approximate surface area is 368 Å². The number of halogens is 1. The predicted octanol–water partition coefficient (Wildman–Crippen LogP) is -1.79. The minimum atomic E-state index is -3.53. The lowest BCUT2D eigenvalue weighted by molar-refractivity contribution is -0.320. The van der Waals surface area contributed by atoms with Crippen molar-refractivity contribution in [2.45, 2.75) is 133 Å². The third kappa shape index (κ3) is 15.3. The molecule has 3 rings (SSSR count). The summed E-state index contributed by atoms with van der Waals surface area (Å²) in [4.78, 5) is 99.8. The fourth-order valence-corrected chi connectivity index (χ4v) is 6.95. The number of urea groups is 1. The molecule has 24 heteroatoms. The van der Waals surface area contributed by atoms with E-state index < -0.39 is 96.9 Å². The molecule has 23 nitrogen and oxygen atoms in total. The van der Waals surface area contributed by atoms with Gasteiger partial charge in [-0.1, -0.05) is 39.3 Å². The molecule has 0 spiro atoms. The molecule has 0 aliphatic carbocycles. The highest BCUT2D eigenvalue weighted by Gasteiger charge is 2.60. The maximum absolute atomic E-state index is 14.6. The zero-order valence-corrected chi connectivity index (χ0v) is 35.9. The highest BCUT2D eigenvalue weighted by molar-refractivity contribution is 6.02. The number of hydrogen-bond donors (Lipinski definition) is 12. The van der Waals surface area contributed by atoms with Gasteiger partial charge in [-0.15, -0.1) is 0 Å². The van der Waals surface area contributed by atoms with Gasteiger partial charge >= 0.3 is 23.9 Å². The number of primary amides is 1. The van der Waals surface area contributed by atoms with Crippen LogP contribution in [-0.4, -0.2) is 159 Å². The van der Waals surface area contributed by atoms with Gasteiger partial charge in [0.05, 0.1) is 12.1 Å². The van der Waals surface area contributed by atoms with Crippen LogP contribution in [0.15, 0.2) is 24.3 Å². The smallest absolute Gasteiger partial charge is 0.407 e. The number of carbonyl (C=O) groups excluding carboxylic acids is 7. The Morgan fingerprint density at radius 2 is 1.62 bits per heavy atom. The number of likely N-dealkylation sites (N-methyl/N-ethyl adjacent to an activating group) is 1. The lowest BCUT2D eigenvalue weighted by Gasteiger charge is -2.46. The third-order valence-electron chi connectivity index (χ3n) is 10.5. The van der Waals surface area contributed by atoms with Gasteiger partial charge in [0, 0.05) is 44.6 Å². The van der Waals surface area contributed by atoms with E-state index in [0.29, 0.717) is 24.8 Å². The molecule has 358 valence electrons. The monoisotopic (exact) mass is 912 g/mol. The number of nitrogens with zero attached hydrogens (tertiary/aromatic N) is 1. The van der Waals surface area contributed by atoms with E-state index in [-0.39, 0.29) is 81.8 Å².